The van der Waals surface area contributed by atoms with Gasteiger partial charge in [0.05, 0.1) is 20.3 Å². The minimum Gasteiger partial charge on any atom is -0.497 e. The number of carbonyl (C=O) groups is 3. The fourth-order valence-corrected chi connectivity index (χ4v) is 7.32. The van der Waals surface area contributed by atoms with Crippen molar-refractivity contribution in [2.75, 3.05) is 19.1 Å². The number of methoxy groups -OCH3 is 2. The van der Waals surface area contributed by atoms with E-state index in [0.717, 1.165) is 11.3 Å². The number of anilines is 1. The minimum atomic E-state index is -1.63. The summed E-state index contributed by atoms with van der Waals surface area (Å²) in [6.45, 7) is 0. The highest BCUT2D eigenvalue weighted by Crippen LogP contribution is 2.62. The number of nitrogens with zero attached hydrogens (tertiary/aromatic N) is 1. The first-order chi connectivity index (χ1) is 20.4. The van der Waals surface area contributed by atoms with Crippen molar-refractivity contribution in [3.63, 3.8) is 0 Å². The zero-order valence-electron chi connectivity index (χ0n) is 22.9. The first kappa shape index (κ1) is 26.2. The maximum absolute atomic E-state index is 14.8. The van der Waals surface area contributed by atoms with Crippen molar-refractivity contribution >= 4 is 40.7 Å². The molecule has 42 heavy (non-hydrogen) atoms. The van der Waals surface area contributed by atoms with Crippen LogP contribution in [-0.2, 0) is 0 Å². The van der Waals surface area contributed by atoms with Crippen molar-refractivity contribution in [3.8, 4) is 11.5 Å². The summed E-state index contributed by atoms with van der Waals surface area (Å²) in [4.78, 5) is 46.3. The molecule has 1 aliphatic carbocycles. The fourth-order valence-electron chi connectivity index (χ4n) is 7.14. The minimum absolute atomic E-state index is 0.201. The summed E-state index contributed by atoms with van der Waals surface area (Å²) in [6, 6.07) is 25.0. The SMILES string of the molecule is COc1ccc(C2C(C(=O)c3ccccc3)N3c4ccc(Cl)cc4C=CC3C23C(=O)c2ccccc2C3=O)c(OC)c1. The van der Waals surface area contributed by atoms with E-state index in [0.29, 0.717) is 38.8 Å². The number of ether oxygens (including phenoxy) is 2. The van der Waals surface area contributed by atoms with E-state index < -0.39 is 23.4 Å². The van der Waals surface area contributed by atoms with Crippen LogP contribution in [0.25, 0.3) is 6.08 Å². The first-order valence-corrected chi connectivity index (χ1v) is 14.1. The highest BCUT2D eigenvalue weighted by atomic mass is 35.5. The Balaban J connectivity index is 1.57. The second-order valence-corrected chi connectivity index (χ2v) is 11.2. The Hall–Kier alpha value is -4.68. The number of fused-ring (bicyclic) bond motifs is 5. The molecule has 3 atom stereocenters. The summed E-state index contributed by atoms with van der Waals surface area (Å²) in [5.74, 6) is -0.708. The maximum Gasteiger partial charge on any atom is 0.185 e. The molecule has 0 bridgehead atoms. The highest BCUT2D eigenvalue weighted by molar-refractivity contribution is 6.33. The van der Waals surface area contributed by atoms with Gasteiger partial charge in [-0.2, -0.15) is 0 Å². The number of ketones is 3. The third kappa shape index (κ3) is 3.48. The van der Waals surface area contributed by atoms with Crippen molar-refractivity contribution in [2.45, 2.75) is 18.0 Å². The molecule has 0 aromatic heterocycles. The number of halogens is 1. The van der Waals surface area contributed by atoms with Gasteiger partial charge in [-0.1, -0.05) is 84.4 Å². The third-order valence-corrected chi connectivity index (χ3v) is 9.10. The van der Waals surface area contributed by atoms with Gasteiger partial charge in [0.1, 0.15) is 23.0 Å². The van der Waals surface area contributed by atoms with E-state index in [1.165, 1.54) is 7.11 Å². The van der Waals surface area contributed by atoms with Gasteiger partial charge >= 0.3 is 0 Å². The zero-order chi connectivity index (χ0) is 29.2. The quantitative estimate of drug-likeness (QED) is 0.195. The lowest BCUT2D eigenvalue weighted by atomic mass is 9.64. The van der Waals surface area contributed by atoms with Crippen molar-refractivity contribution < 1.29 is 23.9 Å². The summed E-state index contributed by atoms with van der Waals surface area (Å²) >= 11 is 6.38. The summed E-state index contributed by atoms with van der Waals surface area (Å²) in [5, 5.41) is 0.547. The molecule has 2 aliphatic heterocycles. The second kappa shape index (κ2) is 9.71. The topological polar surface area (TPSA) is 72.9 Å². The van der Waals surface area contributed by atoms with Crippen molar-refractivity contribution in [3.05, 3.63) is 130 Å². The van der Waals surface area contributed by atoms with Gasteiger partial charge in [0.2, 0.25) is 0 Å². The lowest BCUT2D eigenvalue weighted by Crippen LogP contribution is -2.48. The lowest BCUT2D eigenvalue weighted by Gasteiger charge is -2.37. The number of hydrogen-bond acceptors (Lipinski definition) is 6. The molecule has 1 spiro atoms. The maximum atomic E-state index is 14.8. The van der Waals surface area contributed by atoms with Gasteiger partial charge in [0.25, 0.3) is 0 Å². The van der Waals surface area contributed by atoms with Crippen molar-refractivity contribution in [1.82, 2.24) is 0 Å². The van der Waals surface area contributed by atoms with Gasteiger partial charge in [-0.15, -0.1) is 0 Å². The van der Waals surface area contributed by atoms with E-state index in [9.17, 15) is 14.4 Å². The average molecular weight is 576 g/mol. The van der Waals surface area contributed by atoms with E-state index >= 15 is 0 Å². The van der Waals surface area contributed by atoms with E-state index in [4.69, 9.17) is 21.1 Å². The van der Waals surface area contributed by atoms with E-state index in [1.54, 1.807) is 61.7 Å². The molecule has 1 saturated heterocycles. The lowest BCUT2D eigenvalue weighted by molar-refractivity contribution is 0.0665. The van der Waals surface area contributed by atoms with E-state index in [2.05, 4.69) is 0 Å². The molecule has 1 fully saturated rings. The van der Waals surface area contributed by atoms with Gasteiger partial charge in [0.15, 0.2) is 17.3 Å². The molecule has 0 saturated carbocycles. The molecular formula is C35H26ClNO5. The van der Waals surface area contributed by atoms with Crippen LogP contribution >= 0.6 is 11.6 Å². The van der Waals surface area contributed by atoms with Gasteiger partial charge in [-0.3, -0.25) is 14.4 Å². The van der Waals surface area contributed by atoms with Crippen LogP contribution in [0.5, 0.6) is 11.5 Å². The Morgan fingerprint density at radius 3 is 2.19 bits per heavy atom. The van der Waals surface area contributed by atoms with Crippen LogP contribution in [0.3, 0.4) is 0 Å². The van der Waals surface area contributed by atoms with Gasteiger partial charge in [-0.25, -0.2) is 0 Å². The molecule has 0 amide bonds. The molecule has 0 N–H and O–H groups in total. The fraction of sp³-hybridized carbons (Fsp3) is 0.171. The van der Waals surface area contributed by atoms with Crippen LogP contribution in [-0.4, -0.2) is 43.7 Å². The molecule has 3 unspecified atom stereocenters. The molecule has 6 nitrogen and oxygen atoms in total. The van der Waals surface area contributed by atoms with Crippen LogP contribution in [0, 0.1) is 5.41 Å². The molecule has 4 aromatic carbocycles. The zero-order valence-corrected chi connectivity index (χ0v) is 23.7. The normalized spacial score (nSPS) is 21.2. The summed E-state index contributed by atoms with van der Waals surface area (Å²) in [6.07, 6.45) is 3.77. The standard InChI is InChI=1S/C35H26ClNO5/c1-41-23-14-15-26(28(19-23)42-2)30-31(32(38)20-8-4-3-5-9-20)37-27-16-13-22(36)18-21(27)12-17-29(37)35(30)33(39)24-10-6-7-11-25(24)34(35)40/h3-19,29-31H,1-2H3. The number of hydrogen-bond donors (Lipinski definition) is 0. The molecule has 4 aromatic rings. The number of rotatable bonds is 5. The second-order valence-electron chi connectivity index (χ2n) is 10.7. The monoisotopic (exact) mass is 575 g/mol. The smallest absolute Gasteiger partial charge is 0.185 e. The van der Waals surface area contributed by atoms with Gasteiger partial charge in [0, 0.05) is 44.9 Å². The van der Waals surface area contributed by atoms with Crippen LogP contribution in [0.4, 0.5) is 5.69 Å². The summed E-state index contributed by atoms with van der Waals surface area (Å²) < 4.78 is 11.3. The predicted octanol–water partition coefficient (Wildman–Crippen LogP) is 6.67. The van der Waals surface area contributed by atoms with E-state index in [-0.39, 0.29) is 17.3 Å². The van der Waals surface area contributed by atoms with E-state index in [1.807, 2.05) is 53.5 Å². The molecule has 7 heteroatoms. The molecule has 7 rings (SSSR count). The number of carbonyl (C=O) groups excluding carboxylic acids is 3. The van der Waals surface area contributed by atoms with Crippen LogP contribution < -0.4 is 14.4 Å². The van der Waals surface area contributed by atoms with Crippen LogP contribution in [0.2, 0.25) is 5.02 Å². The number of benzene rings is 4. The Bertz CT molecular complexity index is 1780. The Kier molecular flexibility index (Phi) is 6.06. The van der Waals surface area contributed by atoms with Crippen molar-refractivity contribution in [1.29, 1.82) is 0 Å². The Morgan fingerprint density at radius 1 is 0.833 bits per heavy atom. The number of Topliss-reactive ketones (excluding diaryl/α,β-unsaturated/α-hetero) is 3. The molecule has 2 heterocycles. The molecule has 0 radical (unpaired) electrons. The Labute approximate surface area is 248 Å². The van der Waals surface area contributed by atoms with Gasteiger partial charge < -0.3 is 14.4 Å². The summed E-state index contributed by atoms with van der Waals surface area (Å²) in [5.41, 5.74) is 1.70. The van der Waals surface area contributed by atoms with Crippen LogP contribution in [0.1, 0.15) is 48.1 Å². The molecule has 208 valence electrons. The molecular weight excluding hydrogens is 550 g/mol. The van der Waals surface area contributed by atoms with Crippen molar-refractivity contribution in [2.24, 2.45) is 5.41 Å². The first-order valence-electron chi connectivity index (χ1n) is 13.7. The predicted molar refractivity (Wildman–Crippen MR) is 161 cm³/mol. The molecule has 3 aliphatic rings. The third-order valence-electron chi connectivity index (χ3n) is 8.87. The van der Waals surface area contributed by atoms with Crippen LogP contribution in [0.15, 0.2) is 97.1 Å². The Morgan fingerprint density at radius 2 is 1.52 bits per heavy atom. The highest BCUT2D eigenvalue weighted by Gasteiger charge is 2.72. The largest absolute Gasteiger partial charge is 0.497 e. The average Bonchev–Trinajstić information content (AvgIpc) is 3.46. The van der Waals surface area contributed by atoms with Gasteiger partial charge in [-0.05, 0) is 29.8 Å². The summed E-state index contributed by atoms with van der Waals surface area (Å²) in [7, 11) is 3.09.